The van der Waals surface area contributed by atoms with Crippen LogP contribution in [-0.2, 0) is 4.74 Å². The number of anilines is 1. The van der Waals surface area contributed by atoms with Crippen molar-refractivity contribution in [3.63, 3.8) is 0 Å². The molecule has 2 atom stereocenters. The molecule has 96 valence electrons. The third-order valence-corrected chi connectivity index (χ3v) is 4.18. The number of pyridine rings is 1. The van der Waals surface area contributed by atoms with Crippen molar-refractivity contribution in [3.05, 3.63) is 17.3 Å². The molecule has 1 aliphatic heterocycles. The Labute approximate surface area is 115 Å². The van der Waals surface area contributed by atoms with E-state index in [1.807, 2.05) is 6.07 Å². The van der Waals surface area contributed by atoms with Gasteiger partial charge in [0.05, 0.1) is 16.9 Å². The lowest BCUT2D eigenvalue weighted by molar-refractivity contribution is -0.00521. The van der Waals surface area contributed by atoms with Gasteiger partial charge in [-0.25, -0.2) is 4.98 Å². The Balaban J connectivity index is 1.93. The van der Waals surface area contributed by atoms with Crippen LogP contribution < -0.4 is 4.90 Å². The number of aromatic nitrogens is 2. The van der Waals surface area contributed by atoms with Crippen LogP contribution in [0, 0.1) is 0 Å². The van der Waals surface area contributed by atoms with E-state index in [4.69, 9.17) is 16.3 Å². The maximum atomic E-state index is 5.88. The molecule has 3 rings (SSSR count). The van der Waals surface area contributed by atoms with Gasteiger partial charge in [-0.3, -0.25) is 0 Å². The summed E-state index contributed by atoms with van der Waals surface area (Å²) in [7, 11) is 0. The van der Waals surface area contributed by atoms with Crippen LogP contribution in [0.15, 0.2) is 12.1 Å². The number of hydrogen-bond acceptors (Lipinski definition) is 5. The molecule has 18 heavy (non-hydrogen) atoms. The number of halogens is 1. The second-order valence-corrected chi connectivity index (χ2v) is 6.01. The Bertz CT molecular complexity index is 563. The van der Waals surface area contributed by atoms with Gasteiger partial charge in [0, 0.05) is 13.1 Å². The van der Waals surface area contributed by atoms with Crippen molar-refractivity contribution in [1.82, 2.24) is 9.97 Å². The fourth-order valence-corrected chi connectivity index (χ4v) is 3.32. The molecule has 0 spiro atoms. The normalized spacial score (nSPS) is 24.7. The number of thiazole rings is 1. The van der Waals surface area contributed by atoms with Crippen molar-refractivity contribution in [2.75, 3.05) is 18.0 Å². The molecule has 6 heteroatoms. The first-order valence-corrected chi connectivity index (χ1v) is 7.15. The molecular formula is C12H14ClN3OS. The Kier molecular flexibility index (Phi) is 3.13. The van der Waals surface area contributed by atoms with E-state index in [0.717, 1.165) is 28.6 Å². The van der Waals surface area contributed by atoms with Crippen LogP contribution in [0.3, 0.4) is 0 Å². The van der Waals surface area contributed by atoms with Crippen molar-refractivity contribution in [2.45, 2.75) is 26.1 Å². The van der Waals surface area contributed by atoms with Gasteiger partial charge in [0.15, 0.2) is 10.8 Å². The molecule has 1 fully saturated rings. The molecule has 2 aromatic rings. The second-order valence-electron chi connectivity index (χ2n) is 4.61. The highest BCUT2D eigenvalue weighted by Crippen LogP contribution is 2.30. The van der Waals surface area contributed by atoms with Gasteiger partial charge in [-0.1, -0.05) is 22.9 Å². The van der Waals surface area contributed by atoms with E-state index in [0.29, 0.717) is 5.15 Å². The van der Waals surface area contributed by atoms with Crippen molar-refractivity contribution in [2.24, 2.45) is 0 Å². The maximum absolute atomic E-state index is 5.88. The van der Waals surface area contributed by atoms with Gasteiger partial charge in [-0.2, -0.15) is 4.98 Å². The van der Waals surface area contributed by atoms with E-state index in [9.17, 15) is 0 Å². The summed E-state index contributed by atoms with van der Waals surface area (Å²) >= 11 is 7.53. The summed E-state index contributed by atoms with van der Waals surface area (Å²) in [5.74, 6) is 0. The number of nitrogens with zero attached hydrogens (tertiary/aromatic N) is 3. The van der Waals surface area contributed by atoms with Crippen LogP contribution in [0.1, 0.15) is 13.8 Å². The Morgan fingerprint density at radius 2 is 2.00 bits per heavy atom. The molecule has 1 aliphatic rings. The summed E-state index contributed by atoms with van der Waals surface area (Å²) in [6.07, 6.45) is 0.467. The van der Waals surface area contributed by atoms with Crippen LogP contribution in [0.25, 0.3) is 10.3 Å². The molecule has 2 aromatic heterocycles. The average molecular weight is 284 g/mol. The third kappa shape index (κ3) is 2.30. The number of hydrogen-bond donors (Lipinski definition) is 0. The molecule has 0 radical (unpaired) electrons. The standard InChI is InChI=1S/C12H14ClN3OS/c1-7-5-16(6-8(2)17-7)12-15-11-9(18-12)3-4-10(13)14-11/h3-4,7-8H,5-6H2,1-2H3/t7-,8+. The molecule has 0 saturated carbocycles. The van der Waals surface area contributed by atoms with Gasteiger partial charge < -0.3 is 9.64 Å². The van der Waals surface area contributed by atoms with Gasteiger partial charge in [-0.15, -0.1) is 0 Å². The summed E-state index contributed by atoms with van der Waals surface area (Å²) in [6, 6.07) is 3.77. The molecule has 4 nitrogen and oxygen atoms in total. The summed E-state index contributed by atoms with van der Waals surface area (Å²) in [6.45, 7) is 5.92. The fourth-order valence-electron chi connectivity index (χ4n) is 2.25. The van der Waals surface area contributed by atoms with Crippen LogP contribution in [0.4, 0.5) is 5.13 Å². The van der Waals surface area contributed by atoms with Crippen molar-refractivity contribution in [3.8, 4) is 0 Å². The molecule has 0 unspecified atom stereocenters. The molecule has 0 N–H and O–H groups in total. The van der Waals surface area contributed by atoms with Crippen LogP contribution >= 0.6 is 22.9 Å². The minimum atomic E-state index is 0.234. The molecule has 1 saturated heterocycles. The molecule has 3 heterocycles. The highest BCUT2D eigenvalue weighted by molar-refractivity contribution is 7.22. The Hall–Kier alpha value is -0.910. The van der Waals surface area contributed by atoms with Gasteiger partial charge in [0.1, 0.15) is 5.15 Å². The van der Waals surface area contributed by atoms with Crippen LogP contribution in [-0.4, -0.2) is 35.3 Å². The summed E-state index contributed by atoms with van der Waals surface area (Å²) in [5, 5.41) is 1.49. The van der Waals surface area contributed by atoms with Gasteiger partial charge in [0.2, 0.25) is 0 Å². The fraction of sp³-hybridized carbons (Fsp3) is 0.500. The SMILES string of the molecule is C[C@@H]1CN(c2nc3nc(Cl)ccc3s2)C[C@H](C)O1. The number of morpholine rings is 1. The van der Waals surface area contributed by atoms with E-state index in [1.165, 1.54) is 0 Å². The summed E-state index contributed by atoms with van der Waals surface area (Å²) in [5.41, 5.74) is 0.731. The first-order chi connectivity index (χ1) is 8.61. The van der Waals surface area contributed by atoms with Gasteiger partial charge >= 0.3 is 0 Å². The van der Waals surface area contributed by atoms with E-state index in [1.54, 1.807) is 17.4 Å². The zero-order chi connectivity index (χ0) is 12.7. The zero-order valence-electron chi connectivity index (χ0n) is 10.3. The predicted molar refractivity (Wildman–Crippen MR) is 74.6 cm³/mol. The van der Waals surface area contributed by atoms with E-state index in [-0.39, 0.29) is 12.2 Å². The number of rotatable bonds is 1. The first kappa shape index (κ1) is 12.1. The smallest absolute Gasteiger partial charge is 0.188 e. The van der Waals surface area contributed by atoms with E-state index < -0.39 is 0 Å². The van der Waals surface area contributed by atoms with Gasteiger partial charge in [-0.05, 0) is 26.0 Å². The van der Waals surface area contributed by atoms with Crippen LogP contribution in [0.5, 0.6) is 0 Å². The largest absolute Gasteiger partial charge is 0.372 e. The topological polar surface area (TPSA) is 38.2 Å². The first-order valence-electron chi connectivity index (χ1n) is 5.95. The summed E-state index contributed by atoms with van der Waals surface area (Å²) in [4.78, 5) is 11.1. The summed E-state index contributed by atoms with van der Waals surface area (Å²) < 4.78 is 6.80. The molecule has 0 aromatic carbocycles. The van der Waals surface area contributed by atoms with Gasteiger partial charge in [0.25, 0.3) is 0 Å². The highest BCUT2D eigenvalue weighted by Gasteiger charge is 2.24. The predicted octanol–water partition coefficient (Wildman–Crippen LogP) is 2.96. The Morgan fingerprint density at radius 1 is 1.28 bits per heavy atom. The quantitative estimate of drug-likeness (QED) is 0.754. The lowest BCUT2D eigenvalue weighted by Crippen LogP contribution is -2.45. The monoisotopic (exact) mass is 283 g/mol. The number of fused-ring (bicyclic) bond motifs is 1. The second kappa shape index (κ2) is 4.64. The average Bonchev–Trinajstić information content (AvgIpc) is 2.70. The molecule has 0 aliphatic carbocycles. The van der Waals surface area contributed by atoms with E-state index in [2.05, 4.69) is 28.7 Å². The van der Waals surface area contributed by atoms with Crippen molar-refractivity contribution >= 4 is 38.4 Å². The number of ether oxygens (including phenoxy) is 1. The minimum Gasteiger partial charge on any atom is -0.372 e. The Morgan fingerprint density at radius 3 is 2.72 bits per heavy atom. The maximum Gasteiger partial charge on any atom is 0.188 e. The zero-order valence-corrected chi connectivity index (χ0v) is 11.8. The van der Waals surface area contributed by atoms with Crippen molar-refractivity contribution in [1.29, 1.82) is 0 Å². The van der Waals surface area contributed by atoms with E-state index >= 15 is 0 Å². The molecular weight excluding hydrogens is 270 g/mol. The lowest BCUT2D eigenvalue weighted by Gasteiger charge is -2.35. The third-order valence-electron chi connectivity index (χ3n) is 2.90. The minimum absolute atomic E-state index is 0.234. The molecule has 0 bridgehead atoms. The lowest BCUT2D eigenvalue weighted by atomic mass is 10.2. The highest BCUT2D eigenvalue weighted by atomic mass is 35.5. The molecule has 0 amide bonds. The van der Waals surface area contributed by atoms with Crippen molar-refractivity contribution < 1.29 is 4.74 Å². The van der Waals surface area contributed by atoms with Crippen LogP contribution in [0.2, 0.25) is 5.15 Å².